The van der Waals surface area contributed by atoms with Gasteiger partial charge in [-0.25, -0.2) is 0 Å². The van der Waals surface area contributed by atoms with Crippen molar-refractivity contribution in [2.45, 2.75) is 25.4 Å². The molecule has 7 nitrogen and oxygen atoms in total. The van der Waals surface area contributed by atoms with Crippen molar-refractivity contribution in [3.63, 3.8) is 0 Å². The van der Waals surface area contributed by atoms with Crippen molar-refractivity contribution in [3.8, 4) is 17.1 Å². The van der Waals surface area contributed by atoms with Gasteiger partial charge >= 0.3 is 0 Å². The molecule has 2 aromatic carbocycles. The summed E-state index contributed by atoms with van der Waals surface area (Å²) in [6.45, 7) is 2.70. The van der Waals surface area contributed by atoms with Crippen molar-refractivity contribution in [1.82, 2.24) is 25.3 Å². The molecule has 31 heavy (non-hydrogen) atoms. The number of aryl methyl sites for hydroxylation is 1. The molecule has 3 heterocycles. The Hall–Kier alpha value is -3.45. The van der Waals surface area contributed by atoms with E-state index in [2.05, 4.69) is 43.7 Å². The van der Waals surface area contributed by atoms with Gasteiger partial charge in [-0.2, -0.15) is 5.10 Å². The molecule has 158 valence electrons. The van der Waals surface area contributed by atoms with Crippen LogP contribution in [0, 0.1) is 0 Å². The first kappa shape index (κ1) is 19.5. The number of aromatic nitrogens is 4. The van der Waals surface area contributed by atoms with Gasteiger partial charge in [-0.05, 0) is 36.6 Å². The second-order valence-corrected chi connectivity index (χ2v) is 8.07. The maximum Gasteiger partial charge on any atom is 0.159 e. The second kappa shape index (κ2) is 8.35. The molecule has 7 heteroatoms. The lowest BCUT2D eigenvalue weighted by molar-refractivity contribution is 0.412. The lowest BCUT2D eigenvalue weighted by Gasteiger charge is -2.33. The van der Waals surface area contributed by atoms with Crippen molar-refractivity contribution >= 4 is 16.6 Å². The quantitative estimate of drug-likeness (QED) is 0.520. The van der Waals surface area contributed by atoms with E-state index in [1.54, 1.807) is 18.3 Å². The molecule has 0 spiro atoms. The summed E-state index contributed by atoms with van der Waals surface area (Å²) in [5.74, 6) is 1.26. The molecule has 0 unspecified atom stereocenters. The third kappa shape index (κ3) is 3.96. The number of hydrogen-bond acceptors (Lipinski definition) is 6. The third-order valence-electron chi connectivity index (χ3n) is 6.06. The minimum absolute atomic E-state index is 0.305. The van der Waals surface area contributed by atoms with E-state index in [-0.39, 0.29) is 0 Å². The van der Waals surface area contributed by atoms with Gasteiger partial charge in [0.2, 0.25) is 0 Å². The number of hydrogen-bond donors (Lipinski definition) is 2. The van der Waals surface area contributed by atoms with E-state index in [0.717, 1.165) is 60.5 Å². The molecule has 1 aliphatic heterocycles. The summed E-state index contributed by atoms with van der Waals surface area (Å²) in [5.41, 5.74) is 3.01. The van der Waals surface area contributed by atoms with Crippen molar-refractivity contribution in [1.29, 1.82) is 0 Å². The number of fused-ring (bicyclic) bond motifs is 1. The van der Waals surface area contributed by atoms with Crippen LogP contribution in [0.25, 0.3) is 22.2 Å². The Balaban J connectivity index is 1.31. The van der Waals surface area contributed by atoms with Crippen molar-refractivity contribution in [3.05, 3.63) is 66.4 Å². The highest BCUT2D eigenvalue weighted by molar-refractivity contribution is 5.99. The topological polar surface area (TPSA) is 79.1 Å². The number of phenols is 1. The van der Waals surface area contributed by atoms with Crippen LogP contribution in [0.1, 0.15) is 18.4 Å². The van der Waals surface area contributed by atoms with Crippen LogP contribution in [0.5, 0.6) is 5.75 Å². The lowest BCUT2D eigenvalue weighted by Crippen LogP contribution is -2.42. The van der Waals surface area contributed by atoms with Crippen LogP contribution in [0.2, 0.25) is 0 Å². The van der Waals surface area contributed by atoms with Crippen LogP contribution in [-0.4, -0.2) is 44.2 Å². The molecular weight excluding hydrogens is 388 g/mol. The Kier molecular flexibility index (Phi) is 5.26. The van der Waals surface area contributed by atoms with Gasteiger partial charge in [0.1, 0.15) is 11.4 Å². The Morgan fingerprint density at radius 2 is 1.71 bits per heavy atom. The van der Waals surface area contributed by atoms with Crippen LogP contribution in [-0.2, 0) is 13.6 Å². The predicted octanol–water partition coefficient (Wildman–Crippen LogP) is 3.49. The van der Waals surface area contributed by atoms with Gasteiger partial charge in [0.05, 0.1) is 5.69 Å². The minimum Gasteiger partial charge on any atom is -0.508 e. The van der Waals surface area contributed by atoms with Crippen LogP contribution < -0.4 is 10.2 Å². The zero-order valence-electron chi connectivity index (χ0n) is 17.6. The Morgan fingerprint density at radius 3 is 2.42 bits per heavy atom. The highest BCUT2D eigenvalue weighted by Crippen LogP contribution is 2.32. The Labute approximate surface area is 181 Å². The van der Waals surface area contributed by atoms with Crippen LogP contribution in [0.4, 0.5) is 5.82 Å². The van der Waals surface area contributed by atoms with Gasteiger partial charge in [0.15, 0.2) is 5.82 Å². The maximum atomic E-state index is 9.43. The molecule has 2 aromatic heterocycles. The summed E-state index contributed by atoms with van der Waals surface area (Å²) in [4.78, 5) is 2.35. The first-order chi connectivity index (χ1) is 15.2. The number of benzene rings is 2. The van der Waals surface area contributed by atoms with E-state index in [9.17, 15) is 5.11 Å². The number of aromatic hydroxyl groups is 1. The fraction of sp³-hybridized carbons (Fsp3) is 0.292. The molecule has 0 saturated carbocycles. The summed E-state index contributed by atoms with van der Waals surface area (Å²) in [6, 6.07) is 18.2. The van der Waals surface area contributed by atoms with Crippen LogP contribution in [0.3, 0.4) is 0 Å². The minimum atomic E-state index is 0.305. The normalized spacial score (nSPS) is 14.9. The monoisotopic (exact) mass is 414 g/mol. The SMILES string of the molecule is Cn1nccc1-c1nnc(N2CCC(NCc3ccc(O)cc3)CC2)c2ccccc12. The third-order valence-corrected chi connectivity index (χ3v) is 6.06. The fourth-order valence-corrected chi connectivity index (χ4v) is 4.29. The Bertz CT molecular complexity index is 1180. The van der Waals surface area contributed by atoms with Gasteiger partial charge in [-0.15, -0.1) is 10.2 Å². The maximum absolute atomic E-state index is 9.43. The molecule has 0 aliphatic carbocycles. The van der Waals surface area contributed by atoms with Crippen LogP contribution >= 0.6 is 0 Å². The fourth-order valence-electron chi connectivity index (χ4n) is 4.29. The van der Waals surface area contributed by atoms with E-state index in [0.29, 0.717) is 11.8 Å². The van der Waals surface area contributed by atoms with Gasteiger partial charge in [0.25, 0.3) is 0 Å². The summed E-state index contributed by atoms with van der Waals surface area (Å²) < 4.78 is 1.83. The summed E-state index contributed by atoms with van der Waals surface area (Å²) >= 11 is 0. The molecule has 0 bridgehead atoms. The average Bonchev–Trinajstić information content (AvgIpc) is 3.24. The van der Waals surface area contributed by atoms with E-state index in [4.69, 9.17) is 0 Å². The number of rotatable bonds is 5. The molecule has 4 aromatic rings. The van der Waals surface area contributed by atoms with Crippen molar-refractivity contribution < 1.29 is 5.11 Å². The van der Waals surface area contributed by atoms with E-state index in [1.165, 1.54) is 5.56 Å². The molecule has 0 radical (unpaired) electrons. The molecule has 1 saturated heterocycles. The molecule has 0 amide bonds. The number of phenolic OH excluding ortho intramolecular Hbond substituents is 1. The van der Waals surface area contributed by atoms with Gasteiger partial charge < -0.3 is 15.3 Å². The summed E-state index contributed by atoms with van der Waals surface area (Å²) in [7, 11) is 1.93. The van der Waals surface area contributed by atoms with Crippen LogP contribution in [0.15, 0.2) is 60.8 Å². The standard InChI is InChI=1S/C24H26N6O/c1-29-22(10-13-26-29)23-20-4-2-3-5-21(20)24(28-27-23)30-14-11-18(12-15-30)25-16-17-6-8-19(31)9-7-17/h2-10,13,18,25,31H,11-12,14-16H2,1H3. The second-order valence-electron chi connectivity index (χ2n) is 8.07. The number of nitrogens with one attached hydrogen (secondary N) is 1. The zero-order chi connectivity index (χ0) is 21.2. The van der Waals surface area contributed by atoms with Crippen molar-refractivity contribution in [2.24, 2.45) is 7.05 Å². The first-order valence-electron chi connectivity index (χ1n) is 10.7. The zero-order valence-corrected chi connectivity index (χ0v) is 17.6. The molecule has 1 aliphatic rings. The van der Waals surface area contributed by atoms with E-state index < -0.39 is 0 Å². The molecule has 0 atom stereocenters. The average molecular weight is 415 g/mol. The summed E-state index contributed by atoms with van der Waals surface area (Å²) in [6.07, 6.45) is 3.89. The molecule has 5 rings (SSSR count). The Morgan fingerprint density at radius 1 is 0.968 bits per heavy atom. The highest BCUT2D eigenvalue weighted by atomic mass is 16.3. The highest BCUT2D eigenvalue weighted by Gasteiger charge is 2.23. The largest absolute Gasteiger partial charge is 0.508 e. The van der Waals surface area contributed by atoms with Gasteiger partial charge in [0, 0.05) is 49.7 Å². The van der Waals surface area contributed by atoms with Crippen molar-refractivity contribution in [2.75, 3.05) is 18.0 Å². The van der Waals surface area contributed by atoms with Gasteiger partial charge in [-0.3, -0.25) is 4.68 Å². The summed E-state index contributed by atoms with van der Waals surface area (Å²) in [5, 5.41) is 28.8. The lowest BCUT2D eigenvalue weighted by atomic mass is 10.0. The smallest absolute Gasteiger partial charge is 0.159 e. The van der Waals surface area contributed by atoms with E-state index in [1.807, 2.05) is 36.0 Å². The number of piperidine rings is 1. The molecule has 1 fully saturated rings. The number of anilines is 1. The molecule has 2 N–H and O–H groups in total. The molecular formula is C24H26N6O. The van der Waals surface area contributed by atoms with Gasteiger partial charge in [-0.1, -0.05) is 36.4 Å². The number of nitrogens with zero attached hydrogens (tertiary/aromatic N) is 5. The first-order valence-corrected chi connectivity index (χ1v) is 10.7. The predicted molar refractivity (Wildman–Crippen MR) is 122 cm³/mol. The van der Waals surface area contributed by atoms with E-state index >= 15 is 0 Å².